The molecule has 2 aromatic rings. The normalized spacial score (nSPS) is 18.8. The molecule has 6 nitrogen and oxygen atoms in total. The summed E-state index contributed by atoms with van der Waals surface area (Å²) in [6.45, 7) is 8.99. The van der Waals surface area contributed by atoms with Crippen LogP contribution in [0.4, 0.5) is 0 Å². The number of carbonyl (C=O) groups is 1. The zero-order chi connectivity index (χ0) is 17.3. The van der Waals surface area contributed by atoms with E-state index in [-0.39, 0.29) is 17.4 Å². The highest BCUT2D eigenvalue weighted by Gasteiger charge is 2.33. The molecule has 0 saturated carbocycles. The number of hydrogen-bond donors (Lipinski definition) is 1. The van der Waals surface area contributed by atoms with Gasteiger partial charge in [-0.3, -0.25) is 9.89 Å². The molecule has 1 aliphatic heterocycles. The van der Waals surface area contributed by atoms with E-state index in [2.05, 4.69) is 36.1 Å². The van der Waals surface area contributed by atoms with Crippen molar-refractivity contribution in [1.29, 1.82) is 0 Å². The predicted molar refractivity (Wildman–Crippen MR) is 91.2 cm³/mol. The number of aryl methyl sites for hydroxylation is 1. The summed E-state index contributed by atoms with van der Waals surface area (Å²) in [5.74, 6) is 0.909. The van der Waals surface area contributed by atoms with Crippen LogP contribution in [0.3, 0.4) is 0 Å². The van der Waals surface area contributed by atoms with Gasteiger partial charge in [0.2, 0.25) is 5.91 Å². The molecule has 0 radical (unpaired) electrons. The summed E-state index contributed by atoms with van der Waals surface area (Å²) in [6, 6.07) is 1.93. The molecule has 0 spiro atoms. The van der Waals surface area contributed by atoms with Crippen LogP contribution in [0.15, 0.2) is 16.8 Å². The predicted octanol–water partition coefficient (Wildman–Crippen LogP) is 3.86. The fraction of sp³-hybridized carbons (Fsp3) is 0.611. The molecular weight excluding hydrogens is 304 g/mol. The van der Waals surface area contributed by atoms with Gasteiger partial charge in [0.25, 0.3) is 0 Å². The Labute approximate surface area is 142 Å². The first kappa shape index (κ1) is 16.7. The lowest BCUT2D eigenvalue weighted by atomic mass is 9.89. The second kappa shape index (κ2) is 6.42. The molecule has 2 aromatic heterocycles. The number of likely N-dealkylation sites (tertiary alicyclic amines) is 1. The molecule has 1 N–H and O–H groups in total. The summed E-state index contributed by atoms with van der Waals surface area (Å²) >= 11 is 0. The minimum absolute atomic E-state index is 0.0159. The quantitative estimate of drug-likeness (QED) is 0.927. The van der Waals surface area contributed by atoms with Gasteiger partial charge in [-0.25, -0.2) is 0 Å². The molecule has 0 unspecified atom stereocenters. The second-order valence-corrected chi connectivity index (χ2v) is 7.87. The monoisotopic (exact) mass is 330 g/mol. The Kier molecular flexibility index (Phi) is 4.47. The van der Waals surface area contributed by atoms with Crippen LogP contribution < -0.4 is 0 Å². The highest BCUT2D eigenvalue weighted by Crippen LogP contribution is 2.37. The van der Waals surface area contributed by atoms with Gasteiger partial charge in [0.15, 0.2) is 5.76 Å². The van der Waals surface area contributed by atoms with E-state index in [0.29, 0.717) is 12.2 Å². The summed E-state index contributed by atoms with van der Waals surface area (Å²) in [5, 5.41) is 11.3. The van der Waals surface area contributed by atoms with E-state index in [1.54, 1.807) is 6.20 Å². The largest absolute Gasteiger partial charge is 0.356 e. The van der Waals surface area contributed by atoms with Crippen molar-refractivity contribution in [3.8, 4) is 11.3 Å². The Morgan fingerprint density at radius 2 is 2.21 bits per heavy atom. The van der Waals surface area contributed by atoms with Crippen molar-refractivity contribution in [3.63, 3.8) is 0 Å². The summed E-state index contributed by atoms with van der Waals surface area (Å²) in [5.41, 5.74) is 2.67. The number of amides is 1. The maximum Gasteiger partial charge on any atom is 0.223 e. The fourth-order valence-electron chi connectivity index (χ4n) is 3.32. The zero-order valence-electron chi connectivity index (χ0n) is 14.9. The highest BCUT2D eigenvalue weighted by molar-refractivity contribution is 5.78. The van der Waals surface area contributed by atoms with Crippen LogP contribution in [0, 0.1) is 12.3 Å². The maximum atomic E-state index is 12.8. The van der Waals surface area contributed by atoms with Crippen LogP contribution in [0.5, 0.6) is 0 Å². The molecule has 24 heavy (non-hydrogen) atoms. The van der Waals surface area contributed by atoms with Crippen LogP contribution in [0.25, 0.3) is 11.3 Å². The molecule has 1 amide bonds. The molecule has 0 aromatic carbocycles. The zero-order valence-corrected chi connectivity index (χ0v) is 14.9. The smallest absolute Gasteiger partial charge is 0.223 e. The summed E-state index contributed by atoms with van der Waals surface area (Å²) in [6.07, 6.45) is 5.41. The molecule has 1 atom stereocenters. The van der Waals surface area contributed by atoms with E-state index in [1.807, 2.05) is 17.9 Å². The number of carbonyl (C=O) groups excluding carboxylic acids is 1. The van der Waals surface area contributed by atoms with Gasteiger partial charge in [0.05, 0.1) is 29.2 Å². The maximum absolute atomic E-state index is 12.8. The Balaban J connectivity index is 1.89. The number of aromatic amines is 1. The SMILES string of the molecule is Cc1cc(-c2cn[nH]c2[C@@H]2CCCCN2C(=O)CC(C)(C)C)on1. The Hall–Kier alpha value is -2.11. The Bertz CT molecular complexity index is 711. The summed E-state index contributed by atoms with van der Waals surface area (Å²) < 4.78 is 5.40. The van der Waals surface area contributed by atoms with Crippen LogP contribution in [0.2, 0.25) is 0 Å². The van der Waals surface area contributed by atoms with Gasteiger partial charge >= 0.3 is 0 Å². The third-order valence-corrected chi connectivity index (χ3v) is 4.40. The van der Waals surface area contributed by atoms with Gasteiger partial charge < -0.3 is 9.42 Å². The summed E-state index contributed by atoms with van der Waals surface area (Å²) in [4.78, 5) is 14.8. The molecule has 3 heterocycles. The van der Waals surface area contributed by atoms with Gasteiger partial charge in [-0.05, 0) is 31.6 Å². The third-order valence-electron chi connectivity index (χ3n) is 4.40. The first-order chi connectivity index (χ1) is 11.3. The van der Waals surface area contributed by atoms with E-state index >= 15 is 0 Å². The van der Waals surface area contributed by atoms with E-state index in [0.717, 1.165) is 42.8 Å². The average Bonchev–Trinajstić information content (AvgIpc) is 3.13. The highest BCUT2D eigenvalue weighted by atomic mass is 16.5. The van der Waals surface area contributed by atoms with Crippen molar-refractivity contribution in [3.05, 3.63) is 23.7 Å². The number of hydrogen-bond acceptors (Lipinski definition) is 4. The minimum Gasteiger partial charge on any atom is -0.356 e. The molecular formula is C18H26N4O2. The number of piperidine rings is 1. The minimum atomic E-state index is -0.0159. The number of aromatic nitrogens is 3. The first-order valence-electron chi connectivity index (χ1n) is 8.61. The van der Waals surface area contributed by atoms with Crippen molar-refractivity contribution in [2.24, 2.45) is 5.41 Å². The molecule has 1 aliphatic rings. The van der Waals surface area contributed by atoms with Gasteiger partial charge in [0.1, 0.15) is 0 Å². The molecule has 130 valence electrons. The van der Waals surface area contributed by atoms with Crippen molar-refractivity contribution in [2.45, 2.75) is 59.4 Å². The van der Waals surface area contributed by atoms with E-state index < -0.39 is 0 Å². The number of nitrogens with zero attached hydrogens (tertiary/aromatic N) is 3. The number of H-pyrrole nitrogens is 1. The Morgan fingerprint density at radius 3 is 2.88 bits per heavy atom. The summed E-state index contributed by atoms with van der Waals surface area (Å²) in [7, 11) is 0. The van der Waals surface area contributed by atoms with Gasteiger partial charge in [-0.15, -0.1) is 0 Å². The third kappa shape index (κ3) is 3.52. The Morgan fingerprint density at radius 1 is 1.42 bits per heavy atom. The van der Waals surface area contributed by atoms with Crippen molar-refractivity contribution < 1.29 is 9.32 Å². The van der Waals surface area contributed by atoms with Crippen molar-refractivity contribution >= 4 is 5.91 Å². The van der Waals surface area contributed by atoms with E-state index in [4.69, 9.17) is 4.52 Å². The topological polar surface area (TPSA) is 75.0 Å². The molecule has 1 fully saturated rings. The molecule has 0 aliphatic carbocycles. The number of rotatable bonds is 3. The molecule has 0 bridgehead atoms. The average molecular weight is 330 g/mol. The van der Waals surface area contributed by atoms with Gasteiger partial charge in [-0.1, -0.05) is 25.9 Å². The standard InChI is InChI=1S/C18H26N4O2/c1-12-9-15(24-21-12)13-11-19-20-17(13)14-7-5-6-8-22(14)16(23)10-18(2,3)4/h9,11,14H,5-8,10H2,1-4H3,(H,19,20)/t14-/m0/s1. The van der Waals surface area contributed by atoms with Crippen LogP contribution >= 0.6 is 0 Å². The van der Waals surface area contributed by atoms with Crippen LogP contribution in [-0.4, -0.2) is 32.7 Å². The van der Waals surface area contributed by atoms with Crippen molar-refractivity contribution in [2.75, 3.05) is 6.54 Å². The molecule has 3 rings (SSSR count). The number of nitrogens with one attached hydrogen (secondary N) is 1. The lowest BCUT2D eigenvalue weighted by molar-refractivity contribution is -0.137. The van der Waals surface area contributed by atoms with E-state index in [1.165, 1.54) is 0 Å². The van der Waals surface area contributed by atoms with Gasteiger partial charge in [-0.2, -0.15) is 5.10 Å². The fourth-order valence-corrected chi connectivity index (χ4v) is 3.32. The lowest BCUT2D eigenvalue weighted by Gasteiger charge is -2.37. The second-order valence-electron chi connectivity index (χ2n) is 7.87. The first-order valence-corrected chi connectivity index (χ1v) is 8.61. The van der Waals surface area contributed by atoms with Gasteiger partial charge in [0, 0.05) is 19.0 Å². The van der Waals surface area contributed by atoms with E-state index in [9.17, 15) is 4.79 Å². The lowest BCUT2D eigenvalue weighted by Crippen LogP contribution is -2.40. The van der Waals surface area contributed by atoms with Crippen molar-refractivity contribution in [1.82, 2.24) is 20.3 Å². The van der Waals surface area contributed by atoms with Crippen LogP contribution in [0.1, 0.15) is 63.9 Å². The molecule has 1 saturated heterocycles. The molecule has 6 heteroatoms. The van der Waals surface area contributed by atoms with Crippen LogP contribution in [-0.2, 0) is 4.79 Å².